The Morgan fingerprint density at radius 2 is 1.93 bits per heavy atom. The first kappa shape index (κ1) is 17.5. The molecule has 0 amide bonds. The van der Waals surface area contributed by atoms with Gasteiger partial charge in [0.05, 0.1) is 0 Å². The first-order chi connectivity index (χ1) is 13.0. The molecule has 0 saturated heterocycles. The van der Waals surface area contributed by atoms with Crippen molar-refractivity contribution in [3.05, 3.63) is 65.4 Å². The second-order valence-corrected chi connectivity index (χ2v) is 7.28. The predicted octanol–water partition coefficient (Wildman–Crippen LogP) is 3.79. The number of hydrogen-bond donors (Lipinski definition) is 2. The Labute approximate surface area is 163 Å². The van der Waals surface area contributed by atoms with E-state index >= 15 is 0 Å². The minimum Gasteiger partial charge on any atom is -0.480 e. The second-order valence-electron chi connectivity index (χ2n) is 6.89. The van der Waals surface area contributed by atoms with Crippen LogP contribution in [0.3, 0.4) is 0 Å². The maximum Gasteiger partial charge on any atom is 0.323 e. The maximum absolute atomic E-state index is 11.3. The summed E-state index contributed by atoms with van der Waals surface area (Å²) in [6.07, 6.45) is 0.771. The van der Waals surface area contributed by atoms with Crippen molar-refractivity contribution >= 4 is 39.9 Å². The van der Waals surface area contributed by atoms with Crippen molar-refractivity contribution in [1.29, 1.82) is 0 Å². The number of carbonyl (C=O) groups is 1. The first-order valence-electron chi connectivity index (χ1n) is 8.96. The SMILES string of the molecule is Cc1ccc(NC(=S)N2CCc3c(c4ccccc4n3CC(=O)O)C2)cc1. The zero-order chi connectivity index (χ0) is 19.0. The molecule has 0 bridgehead atoms. The van der Waals surface area contributed by atoms with Crippen LogP contribution >= 0.6 is 12.2 Å². The lowest BCUT2D eigenvalue weighted by atomic mass is 10.0. The van der Waals surface area contributed by atoms with Gasteiger partial charge >= 0.3 is 5.97 Å². The van der Waals surface area contributed by atoms with E-state index < -0.39 is 5.97 Å². The molecule has 138 valence electrons. The molecule has 2 N–H and O–H groups in total. The summed E-state index contributed by atoms with van der Waals surface area (Å²) in [5.74, 6) is -0.822. The number of fused-ring (bicyclic) bond motifs is 3. The van der Waals surface area contributed by atoms with Gasteiger partial charge in [0.25, 0.3) is 0 Å². The lowest BCUT2D eigenvalue weighted by Gasteiger charge is -2.30. The fraction of sp³-hybridized carbons (Fsp3) is 0.238. The van der Waals surface area contributed by atoms with Crippen LogP contribution in [0.4, 0.5) is 5.69 Å². The average molecular weight is 379 g/mol. The summed E-state index contributed by atoms with van der Waals surface area (Å²) < 4.78 is 1.93. The number of aryl methyl sites for hydroxylation is 1. The number of para-hydroxylation sites is 1. The highest BCUT2D eigenvalue weighted by molar-refractivity contribution is 7.80. The fourth-order valence-electron chi connectivity index (χ4n) is 3.73. The topological polar surface area (TPSA) is 57.5 Å². The van der Waals surface area contributed by atoms with Crippen molar-refractivity contribution < 1.29 is 9.90 Å². The molecular weight excluding hydrogens is 358 g/mol. The third-order valence-electron chi connectivity index (χ3n) is 5.05. The van der Waals surface area contributed by atoms with Gasteiger partial charge in [-0.05, 0) is 37.3 Å². The standard InChI is InChI=1S/C21H21N3O2S/c1-14-6-8-15(9-7-14)22-21(27)23-11-10-19-17(12-23)16-4-2-3-5-18(16)24(19)13-20(25)26/h2-9H,10-13H2,1H3,(H,22,27)(H,25,26). The molecule has 0 fully saturated rings. The quantitative estimate of drug-likeness (QED) is 0.678. The van der Waals surface area contributed by atoms with E-state index in [0.29, 0.717) is 11.7 Å². The first-order valence-corrected chi connectivity index (χ1v) is 9.37. The number of nitrogens with one attached hydrogen (secondary N) is 1. The summed E-state index contributed by atoms with van der Waals surface area (Å²) >= 11 is 5.63. The number of carboxylic acids is 1. The zero-order valence-electron chi connectivity index (χ0n) is 15.1. The summed E-state index contributed by atoms with van der Waals surface area (Å²) in [4.78, 5) is 13.5. The molecule has 0 radical (unpaired) electrons. The Hall–Kier alpha value is -2.86. The second kappa shape index (κ2) is 7.04. The molecule has 27 heavy (non-hydrogen) atoms. The minimum atomic E-state index is -0.822. The summed E-state index contributed by atoms with van der Waals surface area (Å²) in [7, 11) is 0. The minimum absolute atomic E-state index is 0.0120. The Morgan fingerprint density at radius 3 is 2.67 bits per heavy atom. The maximum atomic E-state index is 11.3. The third kappa shape index (κ3) is 3.40. The van der Waals surface area contributed by atoms with Gasteiger partial charge in [-0.3, -0.25) is 4.79 Å². The van der Waals surface area contributed by atoms with Gasteiger partial charge in [-0.25, -0.2) is 0 Å². The van der Waals surface area contributed by atoms with Crippen LogP contribution in [0.25, 0.3) is 10.9 Å². The molecular formula is C21H21N3O2S. The van der Waals surface area contributed by atoms with Crippen LogP contribution in [-0.2, 0) is 24.3 Å². The molecule has 5 nitrogen and oxygen atoms in total. The van der Waals surface area contributed by atoms with E-state index in [1.54, 1.807) is 0 Å². The molecule has 0 atom stereocenters. The van der Waals surface area contributed by atoms with E-state index in [0.717, 1.165) is 35.2 Å². The van der Waals surface area contributed by atoms with Gasteiger partial charge in [0.15, 0.2) is 5.11 Å². The number of aromatic nitrogens is 1. The number of benzene rings is 2. The van der Waals surface area contributed by atoms with E-state index in [4.69, 9.17) is 12.2 Å². The van der Waals surface area contributed by atoms with Crippen LogP contribution in [0.5, 0.6) is 0 Å². The van der Waals surface area contributed by atoms with Crippen molar-refractivity contribution in [3.8, 4) is 0 Å². The molecule has 2 heterocycles. The molecule has 6 heteroatoms. The Bertz CT molecular complexity index is 1020. The normalized spacial score (nSPS) is 13.4. The highest BCUT2D eigenvalue weighted by Gasteiger charge is 2.25. The largest absolute Gasteiger partial charge is 0.480 e. The number of carboxylic acid groups (broad SMARTS) is 1. The highest BCUT2D eigenvalue weighted by atomic mass is 32.1. The summed E-state index contributed by atoms with van der Waals surface area (Å²) in [5.41, 5.74) is 5.44. The lowest BCUT2D eigenvalue weighted by Crippen LogP contribution is -2.39. The third-order valence-corrected chi connectivity index (χ3v) is 5.41. The van der Waals surface area contributed by atoms with Crippen molar-refractivity contribution in [2.45, 2.75) is 26.4 Å². The van der Waals surface area contributed by atoms with Gasteiger partial charge in [-0.1, -0.05) is 35.9 Å². The van der Waals surface area contributed by atoms with E-state index in [9.17, 15) is 9.90 Å². The highest BCUT2D eigenvalue weighted by Crippen LogP contribution is 2.31. The summed E-state index contributed by atoms with van der Waals surface area (Å²) in [6, 6.07) is 16.2. The van der Waals surface area contributed by atoms with Crippen LogP contribution in [0.1, 0.15) is 16.8 Å². The number of anilines is 1. The molecule has 2 aromatic carbocycles. The fourth-order valence-corrected chi connectivity index (χ4v) is 4.00. The van der Waals surface area contributed by atoms with Gasteiger partial charge in [0.2, 0.25) is 0 Å². The Kier molecular flexibility index (Phi) is 4.58. The number of hydrogen-bond acceptors (Lipinski definition) is 2. The number of nitrogens with zero attached hydrogens (tertiary/aromatic N) is 2. The van der Waals surface area contributed by atoms with Crippen LogP contribution in [-0.4, -0.2) is 32.2 Å². The van der Waals surface area contributed by atoms with Gasteiger partial charge < -0.3 is 19.9 Å². The van der Waals surface area contributed by atoms with Gasteiger partial charge in [0.1, 0.15) is 6.54 Å². The Balaban J connectivity index is 1.62. The zero-order valence-corrected chi connectivity index (χ0v) is 15.9. The average Bonchev–Trinajstić information content (AvgIpc) is 2.97. The summed E-state index contributed by atoms with van der Waals surface area (Å²) in [5, 5.41) is 14.4. The van der Waals surface area contributed by atoms with Crippen LogP contribution < -0.4 is 5.32 Å². The smallest absolute Gasteiger partial charge is 0.323 e. The number of rotatable bonds is 3. The number of aliphatic carboxylic acids is 1. The lowest BCUT2D eigenvalue weighted by molar-refractivity contribution is -0.137. The molecule has 1 aromatic heterocycles. The van der Waals surface area contributed by atoms with Crippen molar-refractivity contribution in [2.75, 3.05) is 11.9 Å². The van der Waals surface area contributed by atoms with Crippen molar-refractivity contribution in [1.82, 2.24) is 9.47 Å². The van der Waals surface area contributed by atoms with Gasteiger partial charge in [-0.15, -0.1) is 0 Å². The van der Waals surface area contributed by atoms with E-state index in [1.165, 1.54) is 11.1 Å². The monoisotopic (exact) mass is 379 g/mol. The molecule has 4 rings (SSSR count). The number of thiocarbonyl (C=S) groups is 1. The van der Waals surface area contributed by atoms with E-state index in [2.05, 4.69) is 35.3 Å². The van der Waals surface area contributed by atoms with Crippen LogP contribution in [0.15, 0.2) is 48.5 Å². The molecule has 0 spiro atoms. The molecule has 0 aliphatic carbocycles. The molecule has 0 saturated carbocycles. The molecule has 1 aliphatic heterocycles. The molecule has 3 aromatic rings. The molecule has 0 unspecified atom stereocenters. The van der Waals surface area contributed by atoms with Crippen molar-refractivity contribution in [3.63, 3.8) is 0 Å². The van der Waals surface area contributed by atoms with Gasteiger partial charge in [-0.2, -0.15) is 0 Å². The van der Waals surface area contributed by atoms with E-state index in [1.807, 2.05) is 34.9 Å². The van der Waals surface area contributed by atoms with Crippen LogP contribution in [0, 0.1) is 6.92 Å². The van der Waals surface area contributed by atoms with Crippen LogP contribution in [0.2, 0.25) is 0 Å². The van der Waals surface area contributed by atoms with Crippen molar-refractivity contribution in [2.24, 2.45) is 0 Å². The van der Waals surface area contributed by atoms with Gasteiger partial charge in [0, 0.05) is 47.4 Å². The molecule has 1 aliphatic rings. The predicted molar refractivity (Wildman–Crippen MR) is 111 cm³/mol. The Morgan fingerprint density at radius 1 is 1.19 bits per heavy atom. The summed E-state index contributed by atoms with van der Waals surface area (Å²) in [6.45, 7) is 3.49. The van der Waals surface area contributed by atoms with E-state index in [-0.39, 0.29) is 6.54 Å².